The molecule has 2 aromatic rings. The first-order chi connectivity index (χ1) is 17.5. The summed E-state index contributed by atoms with van der Waals surface area (Å²) in [7, 11) is 3.62. The van der Waals surface area contributed by atoms with Crippen LogP contribution in [0.25, 0.3) is 6.08 Å². The van der Waals surface area contributed by atoms with E-state index in [1.165, 1.54) is 29.2 Å². The number of phenols is 1. The van der Waals surface area contributed by atoms with Crippen LogP contribution in [-0.2, 0) is 22.8 Å². The highest BCUT2D eigenvalue weighted by molar-refractivity contribution is 5.92. The van der Waals surface area contributed by atoms with E-state index in [4.69, 9.17) is 4.74 Å². The fourth-order valence-electron chi connectivity index (χ4n) is 7.50. The summed E-state index contributed by atoms with van der Waals surface area (Å²) in [6.45, 7) is 0.751. The van der Waals surface area contributed by atoms with Gasteiger partial charge in [-0.3, -0.25) is 4.79 Å². The van der Waals surface area contributed by atoms with E-state index in [-0.39, 0.29) is 23.5 Å². The Bertz CT molecular complexity index is 1310. The summed E-state index contributed by atoms with van der Waals surface area (Å²) in [6, 6.07) is 7.57. The van der Waals surface area contributed by atoms with Crippen LogP contribution < -0.4 is 4.74 Å². The van der Waals surface area contributed by atoms with Gasteiger partial charge in [-0.15, -0.1) is 0 Å². The van der Waals surface area contributed by atoms with Gasteiger partial charge in [-0.25, -0.2) is 0 Å². The number of rotatable bonds is 3. The predicted octanol–water partition coefficient (Wildman–Crippen LogP) is 3.74. The van der Waals surface area contributed by atoms with Crippen molar-refractivity contribution in [3.63, 3.8) is 0 Å². The minimum Gasteiger partial charge on any atom is -0.504 e. The van der Waals surface area contributed by atoms with E-state index in [2.05, 4.69) is 4.90 Å². The molecule has 2 bridgehead atoms. The first-order valence-corrected chi connectivity index (χ1v) is 12.5. The Morgan fingerprint density at radius 2 is 2.03 bits per heavy atom. The molecule has 6 nitrogen and oxygen atoms in total. The maximum absolute atomic E-state index is 13.3. The van der Waals surface area contributed by atoms with Crippen LogP contribution in [0.5, 0.6) is 11.5 Å². The lowest BCUT2D eigenvalue weighted by atomic mass is 9.47. The van der Waals surface area contributed by atoms with Crippen molar-refractivity contribution in [2.45, 2.75) is 61.1 Å². The molecule has 4 aliphatic rings. The summed E-state index contributed by atoms with van der Waals surface area (Å²) < 4.78 is 45.6. The largest absolute Gasteiger partial charge is 0.504 e. The van der Waals surface area contributed by atoms with Crippen molar-refractivity contribution in [3.8, 4) is 11.5 Å². The monoisotopic (exact) mass is 514 g/mol. The zero-order valence-corrected chi connectivity index (χ0v) is 20.6. The third kappa shape index (κ3) is 3.23. The van der Waals surface area contributed by atoms with E-state index >= 15 is 0 Å². The van der Waals surface area contributed by atoms with Gasteiger partial charge in [-0.05, 0) is 74.7 Å². The molecular weight excluding hydrogens is 485 g/mol. The third-order valence-corrected chi connectivity index (χ3v) is 9.16. The smallest absolute Gasteiger partial charge is 0.416 e. The number of likely N-dealkylation sites (tertiary alicyclic amines) is 1. The first-order valence-electron chi connectivity index (χ1n) is 12.5. The SMILES string of the molecule is CN(C(=O)/C=C/c1cccc(C(F)(F)F)c1)C1CCC2Oc3c(O)ccc4c3[C@@]23CCN(C)[C@H](C4)[C@]13O. The zero-order chi connectivity index (χ0) is 26.3. The number of carbonyl (C=O) groups is 1. The lowest BCUT2D eigenvalue weighted by Crippen LogP contribution is -2.81. The Morgan fingerprint density at radius 3 is 2.78 bits per heavy atom. The number of halogens is 3. The second-order valence-electron chi connectivity index (χ2n) is 10.8. The summed E-state index contributed by atoms with van der Waals surface area (Å²) in [5.41, 5.74) is -0.674. The highest BCUT2D eigenvalue weighted by Crippen LogP contribution is 2.65. The number of likely N-dealkylation sites (N-methyl/N-ethyl adjacent to an activating group) is 2. The first kappa shape index (κ1) is 24.3. The quantitative estimate of drug-likeness (QED) is 0.611. The summed E-state index contributed by atoms with van der Waals surface area (Å²) >= 11 is 0. The number of alkyl halides is 3. The average molecular weight is 515 g/mol. The van der Waals surface area contributed by atoms with Gasteiger partial charge >= 0.3 is 6.18 Å². The van der Waals surface area contributed by atoms with E-state index in [0.717, 1.165) is 29.8 Å². The van der Waals surface area contributed by atoms with Crippen LogP contribution in [0.1, 0.15) is 41.5 Å². The molecular formula is C28H29F3N2O4. The molecule has 2 aliphatic carbocycles. The van der Waals surface area contributed by atoms with Gasteiger partial charge in [0.2, 0.25) is 5.91 Å². The Hall–Kier alpha value is -3.04. The molecule has 2 unspecified atom stereocenters. The molecule has 1 amide bonds. The van der Waals surface area contributed by atoms with Crippen molar-refractivity contribution in [3.05, 3.63) is 64.7 Å². The molecule has 1 saturated carbocycles. The number of aromatic hydroxyl groups is 1. The second-order valence-corrected chi connectivity index (χ2v) is 10.8. The number of carbonyl (C=O) groups excluding carboxylic acids is 1. The predicted molar refractivity (Wildman–Crippen MR) is 130 cm³/mol. The Kier molecular flexibility index (Phi) is 5.24. The Labute approximate surface area is 212 Å². The zero-order valence-electron chi connectivity index (χ0n) is 20.6. The van der Waals surface area contributed by atoms with Gasteiger partial charge in [0.1, 0.15) is 11.7 Å². The summed E-state index contributed by atoms with van der Waals surface area (Å²) in [5.74, 6) is 0.113. The Balaban J connectivity index is 1.36. The minimum atomic E-state index is -4.47. The molecule has 1 saturated heterocycles. The van der Waals surface area contributed by atoms with Crippen LogP contribution in [0.4, 0.5) is 13.2 Å². The third-order valence-electron chi connectivity index (χ3n) is 9.16. The van der Waals surface area contributed by atoms with Crippen LogP contribution in [0.2, 0.25) is 0 Å². The number of hydrogen-bond donors (Lipinski definition) is 2. The molecule has 0 aromatic heterocycles. The van der Waals surface area contributed by atoms with E-state index in [0.29, 0.717) is 31.4 Å². The summed E-state index contributed by atoms with van der Waals surface area (Å²) in [6.07, 6.45) is 0.153. The van der Waals surface area contributed by atoms with Crippen molar-refractivity contribution in [1.29, 1.82) is 0 Å². The van der Waals surface area contributed by atoms with Gasteiger partial charge in [-0.1, -0.05) is 18.2 Å². The van der Waals surface area contributed by atoms with Gasteiger partial charge in [0.25, 0.3) is 0 Å². The van der Waals surface area contributed by atoms with Crippen LogP contribution in [0, 0.1) is 0 Å². The van der Waals surface area contributed by atoms with Crippen molar-refractivity contribution < 1.29 is 32.9 Å². The average Bonchev–Trinajstić information content (AvgIpc) is 3.20. The maximum atomic E-state index is 13.3. The molecule has 2 aromatic carbocycles. The molecule has 37 heavy (non-hydrogen) atoms. The fraction of sp³-hybridized carbons (Fsp3) is 0.464. The van der Waals surface area contributed by atoms with E-state index in [9.17, 15) is 28.2 Å². The van der Waals surface area contributed by atoms with Crippen molar-refractivity contribution in [1.82, 2.24) is 9.80 Å². The van der Waals surface area contributed by atoms with Crippen LogP contribution in [0.3, 0.4) is 0 Å². The highest BCUT2D eigenvalue weighted by atomic mass is 19.4. The molecule has 6 rings (SSSR count). The van der Waals surface area contributed by atoms with Crippen molar-refractivity contribution in [2.24, 2.45) is 0 Å². The molecule has 2 aliphatic heterocycles. The van der Waals surface area contributed by atoms with Crippen LogP contribution in [-0.4, -0.2) is 70.3 Å². The topological polar surface area (TPSA) is 73.2 Å². The Morgan fingerprint density at radius 1 is 1.24 bits per heavy atom. The second kappa shape index (κ2) is 7.98. The number of aliphatic hydroxyl groups is 1. The van der Waals surface area contributed by atoms with Gasteiger partial charge in [-0.2, -0.15) is 13.2 Å². The number of phenolic OH excluding ortho intramolecular Hbond substituents is 1. The minimum absolute atomic E-state index is 0.0623. The van der Waals surface area contributed by atoms with E-state index < -0.39 is 34.7 Å². The van der Waals surface area contributed by atoms with Gasteiger partial charge < -0.3 is 24.7 Å². The number of amides is 1. The van der Waals surface area contributed by atoms with Gasteiger partial charge in [0.15, 0.2) is 11.5 Å². The molecule has 196 valence electrons. The number of benzene rings is 2. The maximum Gasteiger partial charge on any atom is 0.416 e. The molecule has 2 N–H and O–H groups in total. The molecule has 2 fully saturated rings. The number of nitrogens with zero attached hydrogens (tertiary/aromatic N) is 2. The number of piperidine rings is 1. The lowest BCUT2D eigenvalue weighted by Gasteiger charge is -2.66. The van der Waals surface area contributed by atoms with Gasteiger partial charge in [0.05, 0.1) is 17.0 Å². The van der Waals surface area contributed by atoms with E-state index in [1.807, 2.05) is 13.1 Å². The molecule has 0 radical (unpaired) electrons. The lowest BCUT2D eigenvalue weighted by molar-refractivity contribution is -0.213. The van der Waals surface area contributed by atoms with Crippen molar-refractivity contribution in [2.75, 3.05) is 20.6 Å². The molecule has 9 heteroatoms. The molecule has 5 atom stereocenters. The molecule has 2 heterocycles. The summed E-state index contributed by atoms with van der Waals surface area (Å²) in [4.78, 5) is 17.0. The summed E-state index contributed by atoms with van der Waals surface area (Å²) in [5, 5.41) is 23.3. The van der Waals surface area contributed by atoms with Crippen LogP contribution >= 0.6 is 0 Å². The number of hydrogen-bond acceptors (Lipinski definition) is 5. The van der Waals surface area contributed by atoms with Crippen molar-refractivity contribution >= 4 is 12.0 Å². The van der Waals surface area contributed by atoms with Gasteiger partial charge in [0, 0.05) is 24.7 Å². The normalized spacial score (nSPS) is 32.2. The number of ether oxygens (including phenoxy) is 1. The standard InChI is InChI=1S/C28H29F3N2O4/c1-32-13-12-26-22-10-9-20(27(26,36)21(32)15-17-7-8-19(34)25(37-22)24(17)26)33(2)23(35)11-6-16-4-3-5-18(14-16)28(29,30)31/h3-8,11,14,20-22,34,36H,9-10,12-13,15H2,1-2H3/b11-6+/t20?,21-,22?,26-,27-/m1/s1. The fourth-order valence-corrected chi connectivity index (χ4v) is 7.50. The highest BCUT2D eigenvalue weighted by Gasteiger charge is 2.74. The van der Waals surface area contributed by atoms with Crippen LogP contribution in [0.15, 0.2) is 42.5 Å². The van der Waals surface area contributed by atoms with E-state index in [1.54, 1.807) is 13.1 Å². The molecule has 1 spiro atoms.